The molecule has 0 spiro atoms. The lowest BCUT2D eigenvalue weighted by Gasteiger charge is -2.14. The quantitative estimate of drug-likeness (QED) is 0.689. The zero-order chi connectivity index (χ0) is 15.6. The second-order valence-electron chi connectivity index (χ2n) is 4.41. The van der Waals surface area contributed by atoms with Crippen LogP contribution in [0.15, 0.2) is 36.4 Å². The van der Waals surface area contributed by atoms with E-state index in [1.54, 1.807) is 6.92 Å². The Morgan fingerprint density at radius 1 is 1.24 bits per heavy atom. The van der Waals surface area contributed by atoms with E-state index in [2.05, 4.69) is 0 Å². The first-order valence-electron chi connectivity index (χ1n) is 6.06. The number of nitro benzene ring substituents is 1. The molecule has 0 fully saturated rings. The summed E-state index contributed by atoms with van der Waals surface area (Å²) in [7, 11) is 0. The summed E-state index contributed by atoms with van der Waals surface area (Å²) in [6.45, 7) is 1.56. The summed E-state index contributed by atoms with van der Waals surface area (Å²) in [4.78, 5) is 10.1. The van der Waals surface area contributed by atoms with Gasteiger partial charge in [0, 0.05) is 11.6 Å². The lowest BCUT2D eigenvalue weighted by molar-refractivity contribution is -0.385. The van der Waals surface area contributed by atoms with E-state index in [0.717, 1.165) is 18.2 Å². The van der Waals surface area contributed by atoms with Crippen LogP contribution in [0.3, 0.4) is 0 Å². The molecule has 0 aromatic heterocycles. The summed E-state index contributed by atoms with van der Waals surface area (Å²) in [5.41, 5.74) is 5.22. The number of hydrogen-bond acceptors (Lipinski definition) is 4. The fourth-order valence-electron chi connectivity index (χ4n) is 1.89. The van der Waals surface area contributed by atoms with Gasteiger partial charge < -0.3 is 10.5 Å². The average molecular weight is 294 g/mol. The fourth-order valence-corrected chi connectivity index (χ4v) is 1.89. The molecule has 21 heavy (non-hydrogen) atoms. The van der Waals surface area contributed by atoms with Gasteiger partial charge in [0.05, 0.1) is 11.0 Å². The number of benzene rings is 2. The summed E-state index contributed by atoms with van der Waals surface area (Å²) in [5, 5.41) is 10.9. The van der Waals surface area contributed by atoms with Gasteiger partial charge in [0.25, 0.3) is 0 Å². The van der Waals surface area contributed by atoms with E-state index in [1.807, 2.05) is 0 Å². The Kier molecular flexibility index (Phi) is 4.13. The van der Waals surface area contributed by atoms with Crippen molar-refractivity contribution < 1.29 is 18.4 Å². The molecule has 0 saturated carbocycles. The normalized spacial score (nSPS) is 12.0. The number of ether oxygens (including phenoxy) is 1. The van der Waals surface area contributed by atoms with Gasteiger partial charge in [0.1, 0.15) is 17.4 Å². The molecule has 0 heterocycles. The summed E-state index contributed by atoms with van der Waals surface area (Å²) in [6, 6.07) is 6.25. The lowest BCUT2D eigenvalue weighted by Crippen LogP contribution is -2.09. The minimum Gasteiger partial charge on any atom is -0.450 e. The van der Waals surface area contributed by atoms with Gasteiger partial charge in [-0.15, -0.1) is 0 Å². The van der Waals surface area contributed by atoms with Crippen LogP contribution in [0.5, 0.6) is 11.5 Å². The zero-order valence-electron chi connectivity index (χ0n) is 11.0. The van der Waals surface area contributed by atoms with E-state index in [0.29, 0.717) is 0 Å². The number of nitrogens with two attached hydrogens (primary N) is 1. The predicted molar refractivity (Wildman–Crippen MR) is 72.1 cm³/mol. The first kappa shape index (κ1) is 14.9. The third-order valence-electron chi connectivity index (χ3n) is 2.81. The van der Waals surface area contributed by atoms with Gasteiger partial charge in [-0.2, -0.15) is 0 Å². The van der Waals surface area contributed by atoms with E-state index in [4.69, 9.17) is 10.5 Å². The van der Waals surface area contributed by atoms with Gasteiger partial charge in [-0.3, -0.25) is 10.1 Å². The van der Waals surface area contributed by atoms with Crippen molar-refractivity contribution in [1.82, 2.24) is 0 Å². The zero-order valence-corrected chi connectivity index (χ0v) is 11.0. The summed E-state index contributed by atoms with van der Waals surface area (Å²) >= 11 is 0. The molecular formula is C14H12F2N2O3. The van der Waals surface area contributed by atoms with Crippen molar-refractivity contribution in [1.29, 1.82) is 0 Å². The third kappa shape index (κ3) is 3.14. The highest BCUT2D eigenvalue weighted by molar-refractivity contribution is 5.50. The van der Waals surface area contributed by atoms with Gasteiger partial charge >= 0.3 is 5.69 Å². The Hall–Kier alpha value is -2.54. The molecule has 7 heteroatoms. The highest BCUT2D eigenvalue weighted by atomic mass is 19.1. The van der Waals surface area contributed by atoms with Crippen LogP contribution in [-0.2, 0) is 0 Å². The van der Waals surface area contributed by atoms with Gasteiger partial charge in [-0.1, -0.05) is 6.07 Å². The molecular weight excluding hydrogens is 282 g/mol. The van der Waals surface area contributed by atoms with Crippen LogP contribution >= 0.6 is 0 Å². The van der Waals surface area contributed by atoms with Crippen molar-refractivity contribution in [2.75, 3.05) is 0 Å². The molecule has 2 rings (SSSR count). The molecule has 5 nitrogen and oxygen atoms in total. The van der Waals surface area contributed by atoms with Crippen molar-refractivity contribution in [2.45, 2.75) is 13.0 Å². The summed E-state index contributed by atoms with van der Waals surface area (Å²) in [5.74, 6) is -1.47. The van der Waals surface area contributed by atoms with E-state index in [1.165, 1.54) is 18.2 Å². The summed E-state index contributed by atoms with van der Waals surface area (Å²) in [6.07, 6.45) is 0. The molecule has 0 amide bonds. The SMILES string of the molecule is C[C@@H](N)c1c(F)cccc1Oc1ccc(F)cc1[N+](=O)[O-]. The third-order valence-corrected chi connectivity index (χ3v) is 2.81. The van der Waals surface area contributed by atoms with Gasteiger partial charge in [0.15, 0.2) is 0 Å². The highest BCUT2D eigenvalue weighted by Gasteiger charge is 2.20. The van der Waals surface area contributed by atoms with Crippen molar-refractivity contribution in [3.8, 4) is 11.5 Å². The molecule has 0 saturated heterocycles. The average Bonchev–Trinajstić information content (AvgIpc) is 2.40. The largest absolute Gasteiger partial charge is 0.450 e. The van der Waals surface area contributed by atoms with Crippen molar-refractivity contribution in [2.24, 2.45) is 5.73 Å². The highest BCUT2D eigenvalue weighted by Crippen LogP contribution is 2.35. The van der Waals surface area contributed by atoms with Crippen LogP contribution in [0, 0.1) is 21.7 Å². The van der Waals surface area contributed by atoms with Crippen molar-refractivity contribution >= 4 is 5.69 Å². The molecule has 1 atom stereocenters. The molecule has 2 aromatic rings. The molecule has 0 aliphatic rings. The Balaban J connectivity index is 2.49. The summed E-state index contributed by atoms with van der Waals surface area (Å²) < 4.78 is 32.2. The Bertz CT molecular complexity index is 690. The van der Waals surface area contributed by atoms with Crippen molar-refractivity contribution in [3.05, 3.63) is 63.7 Å². The Morgan fingerprint density at radius 2 is 1.95 bits per heavy atom. The molecule has 2 aromatic carbocycles. The van der Waals surface area contributed by atoms with E-state index >= 15 is 0 Å². The van der Waals surface area contributed by atoms with Crippen molar-refractivity contribution in [3.63, 3.8) is 0 Å². The number of hydrogen-bond donors (Lipinski definition) is 1. The van der Waals surface area contributed by atoms with Crippen LogP contribution < -0.4 is 10.5 Å². The van der Waals surface area contributed by atoms with Gasteiger partial charge in [0.2, 0.25) is 5.75 Å². The molecule has 0 aliphatic heterocycles. The van der Waals surface area contributed by atoms with Crippen LogP contribution in [0.1, 0.15) is 18.5 Å². The minimum atomic E-state index is -0.775. The maximum absolute atomic E-state index is 13.8. The monoisotopic (exact) mass is 294 g/mol. The van der Waals surface area contributed by atoms with Gasteiger partial charge in [-0.05, 0) is 31.2 Å². The Morgan fingerprint density at radius 3 is 2.57 bits per heavy atom. The maximum atomic E-state index is 13.8. The topological polar surface area (TPSA) is 78.4 Å². The number of nitro groups is 1. The number of nitrogens with zero attached hydrogens (tertiary/aromatic N) is 1. The molecule has 0 aliphatic carbocycles. The second-order valence-corrected chi connectivity index (χ2v) is 4.41. The minimum absolute atomic E-state index is 0.0553. The van der Waals surface area contributed by atoms with Gasteiger partial charge in [-0.25, -0.2) is 8.78 Å². The molecule has 0 radical (unpaired) electrons. The molecule has 0 bridgehead atoms. The first-order chi connectivity index (χ1) is 9.90. The van der Waals surface area contributed by atoms with E-state index < -0.39 is 28.3 Å². The first-order valence-corrected chi connectivity index (χ1v) is 6.06. The number of halogens is 2. The lowest BCUT2D eigenvalue weighted by atomic mass is 10.1. The molecule has 2 N–H and O–H groups in total. The fraction of sp³-hybridized carbons (Fsp3) is 0.143. The molecule has 110 valence electrons. The van der Waals surface area contributed by atoms with E-state index in [-0.39, 0.29) is 17.1 Å². The number of rotatable bonds is 4. The maximum Gasteiger partial charge on any atom is 0.314 e. The van der Waals surface area contributed by atoms with Crippen LogP contribution in [0.4, 0.5) is 14.5 Å². The van der Waals surface area contributed by atoms with Crippen LogP contribution in [0.2, 0.25) is 0 Å². The van der Waals surface area contributed by atoms with Crippen LogP contribution in [-0.4, -0.2) is 4.92 Å². The Labute approximate surface area is 119 Å². The van der Waals surface area contributed by atoms with E-state index in [9.17, 15) is 18.9 Å². The second kappa shape index (κ2) is 5.84. The van der Waals surface area contributed by atoms with Crippen LogP contribution in [0.25, 0.3) is 0 Å². The standard InChI is InChI=1S/C14H12F2N2O3/c1-8(17)14-10(16)3-2-4-13(14)21-12-6-5-9(15)7-11(12)18(19)20/h2-8H,17H2,1H3/t8-/m1/s1. The smallest absolute Gasteiger partial charge is 0.314 e. The molecule has 0 unspecified atom stereocenters. The predicted octanol–water partition coefficient (Wildman–Crippen LogP) is 3.69.